The standard InChI is InChI=1S/C18H19N5O2/c1-12-16(18(25)22-13(2)21-12)10-17(24)19-11-14-4-6-15(7-5-14)23-9-3-8-20-23/h3-9H,10-11H2,1-2H3,(H,19,24)(H,21,22,25). The van der Waals surface area contributed by atoms with Crippen LogP contribution < -0.4 is 10.9 Å². The van der Waals surface area contributed by atoms with Crippen LogP contribution in [0, 0.1) is 13.8 Å². The molecule has 0 atom stereocenters. The molecule has 0 aliphatic heterocycles. The summed E-state index contributed by atoms with van der Waals surface area (Å²) in [5.74, 6) is 0.333. The van der Waals surface area contributed by atoms with E-state index in [1.54, 1.807) is 24.7 Å². The average molecular weight is 337 g/mol. The molecule has 0 aliphatic rings. The SMILES string of the molecule is Cc1nc(C)c(CC(=O)NCc2ccc(-n3cccn3)cc2)c(=O)[nH]1. The summed E-state index contributed by atoms with van der Waals surface area (Å²) in [5, 5.41) is 7.00. The molecule has 0 saturated heterocycles. The van der Waals surface area contributed by atoms with Crippen molar-refractivity contribution in [3.05, 3.63) is 75.7 Å². The van der Waals surface area contributed by atoms with Crippen LogP contribution in [0.4, 0.5) is 0 Å². The number of hydrogen-bond acceptors (Lipinski definition) is 4. The Hall–Kier alpha value is -3.22. The van der Waals surface area contributed by atoms with Crippen LogP contribution in [-0.4, -0.2) is 25.7 Å². The zero-order valence-corrected chi connectivity index (χ0v) is 14.1. The minimum atomic E-state index is -0.260. The molecule has 7 nitrogen and oxygen atoms in total. The zero-order valence-electron chi connectivity index (χ0n) is 14.1. The molecule has 0 unspecified atom stereocenters. The van der Waals surface area contributed by atoms with Gasteiger partial charge in [-0.15, -0.1) is 0 Å². The summed E-state index contributed by atoms with van der Waals surface area (Å²) < 4.78 is 1.77. The summed E-state index contributed by atoms with van der Waals surface area (Å²) >= 11 is 0. The lowest BCUT2D eigenvalue weighted by atomic mass is 10.1. The van der Waals surface area contributed by atoms with Gasteiger partial charge in [0.15, 0.2) is 0 Å². The second-order valence-electron chi connectivity index (χ2n) is 5.79. The summed E-state index contributed by atoms with van der Waals surface area (Å²) in [4.78, 5) is 30.9. The van der Waals surface area contributed by atoms with Crippen molar-refractivity contribution in [1.29, 1.82) is 0 Å². The van der Waals surface area contributed by atoms with E-state index < -0.39 is 0 Å². The first-order chi connectivity index (χ1) is 12.0. The molecule has 2 aromatic heterocycles. The van der Waals surface area contributed by atoms with Gasteiger partial charge in [-0.25, -0.2) is 9.67 Å². The van der Waals surface area contributed by atoms with Gasteiger partial charge < -0.3 is 10.3 Å². The largest absolute Gasteiger partial charge is 0.352 e. The molecular weight excluding hydrogens is 318 g/mol. The maximum atomic E-state index is 12.1. The van der Waals surface area contributed by atoms with E-state index in [0.717, 1.165) is 11.3 Å². The molecule has 1 amide bonds. The number of aryl methyl sites for hydroxylation is 2. The second kappa shape index (κ2) is 7.12. The quantitative estimate of drug-likeness (QED) is 0.737. The van der Waals surface area contributed by atoms with Crippen molar-refractivity contribution in [2.75, 3.05) is 0 Å². The predicted octanol–water partition coefficient (Wildman–Crippen LogP) is 1.43. The first-order valence-electron chi connectivity index (χ1n) is 7.95. The minimum absolute atomic E-state index is 0.0137. The molecule has 3 rings (SSSR count). The first kappa shape index (κ1) is 16.6. The number of amides is 1. The fourth-order valence-electron chi connectivity index (χ4n) is 2.57. The summed E-state index contributed by atoms with van der Waals surface area (Å²) in [5.41, 5.74) is 2.64. The van der Waals surface area contributed by atoms with Crippen LogP contribution in [0.2, 0.25) is 0 Å². The van der Waals surface area contributed by atoms with Crippen molar-refractivity contribution >= 4 is 5.91 Å². The van der Waals surface area contributed by atoms with Crippen LogP contribution in [0.15, 0.2) is 47.5 Å². The van der Waals surface area contributed by atoms with Crippen LogP contribution in [0.1, 0.15) is 22.6 Å². The molecule has 2 N–H and O–H groups in total. The van der Waals surface area contributed by atoms with Crippen LogP contribution >= 0.6 is 0 Å². The van der Waals surface area contributed by atoms with E-state index in [9.17, 15) is 9.59 Å². The maximum absolute atomic E-state index is 12.1. The molecule has 2 heterocycles. The Labute approximate surface area is 144 Å². The Morgan fingerprint density at radius 1 is 1.24 bits per heavy atom. The van der Waals surface area contributed by atoms with Gasteiger partial charge in [-0.3, -0.25) is 9.59 Å². The topological polar surface area (TPSA) is 92.7 Å². The lowest BCUT2D eigenvalue weighted by Crippen LogP contribution is -2.29. The average Bonchev–Trinajstić information content (AvgIpc) is 3.11. The van der Waals surface area contributed by atoms with Crippen molar-refractivity contribution in [2.24, 2.45) is 0 Å². The highest BCUT2D eigenvalue weighted by Crippen LogP contribution is 2.08. The molecule has 128 valence electrons. The summed E-state index contributed by atoms with van der Waals surface area (Å²) in [7, 11) is 0. The molecule has 7 heteroatoms. The third kappa shape index (κ3) is 4.00. The van der Waals surface area contributed by atoms with Gasteiger partial charge in [-0.1, -0.05) is 12.1 Å². The smallest absolute Gasteiger partial charge is 0.254 e. The van der Waals surface area contributed by atoms with Crippen molar-refractivity contribution in [2.45, 2.75) is 26.8 Å². The predicted molar refractivity (Wildman–Crippen MR) is 93.4 cm³/mol. The zero-order chi connectivity index (χ0) is 17.8. The van der Waals surface area contributed by atoms with Gasteiger partial charge >= 0.3 is 0 Å². The van der Waals surface area contributed by atoms with Crippen molar-refractivity contribution in [3.63, 3.8) is 0 Å². The lowest BCUT2D eigenvalue weighted by Gasteiger charge is -2.08. The molecule has 3 aromatic rings. The molecular formula is C18H19N5O2. The van der Waals surface area contributed by atoms with E-state index in [2.05, 4.69) is 20.4 Å². The number of rotatable bonds is 5. The van der Waals surface area contributed by atoms with Crippen LogP contribution in [0.25, 0.3) is 5.69 Å². The Bertz CT molecular complexity index is 927. The fraction of sp³-hybridized carbons (Fsp3) is 0.222. The molecule has 0 aliphatic carbocycles. The Balaban J connectivity index is 1.60. The van der Waals surface area contributed by atoms with E-state index in [-0.39, 0.29) is 17.9 Å². The second-order valence-corrected chi connectivity index (χ2v) is 5.79. The number of nitrogens with zero attached hydrogens (tertiary/aromatic N) is 3. The summed E-state index contributed by atoms with van der Waals surface area (Å²) in [6.07, 6.45) is 3.60. The van der Waals surface area contributed by atoms with Gasteiger partial charge in [-0.05, 0) is 37.6 Å². The Kier molecular flexibility index (Phi) is 4.74. The highest BCUT2D eigenvalue weighted by atomic mass is 16.2. The number of carbonyl (C=O) groups is 1. The first-order valence-corrected chi connectivity index (χ1v) is 7.95. The van der Waals surface area contributed by atoms with Gasteiger partial charge in [0, 0.05) is 30.2 Å². The third-order valence-corrected chi connectivity index (χ3v) is 3.87. The van der Waals surface area contributed by atoms with E-state index in [4.69, 9.17) is 0 Å². The lowest BCUT2D eigenvalue weighted by molar-refractivity contribution is -0.120. The number of aromatic amines is 1. The van der Waals surface area contributed by atoms with Gasteiger partial charge in [0.05, 0.1) is 12.1 Å². The number of hydrogen-bond donors (Lipinski definition) is 2. The molecule has 0 fully saturated rings. The summed E-state index contributed by atoms with van der Waals surface area (Å²) in [6.45, 7) is 3.85. The fourth-order valence-corrected chi connectivity index (χ4v) is 2.57. The van der Waals surface area contributed by atoms with Crippen molar-refractivity contribution < 1.29 is 4.79 Å². The molecule has 0 saturated carbocycles. The number of nitrogens with one attached hydrogen (secondary N) is 2. The van der Waals surface area contributed by atoms with E-state index in [1.165, 1.54) is 0 Å². The van der Waals surface area contributed by atoms with E-state index in [0.29, 0.717) is 23.6 Å². The minimum Gasteiger partial charge on any atom is -0.352 e. The summed E-state index contributed by atoms with van der Waals surface area (Å²) in [6, 6.07) is 9.60. The number of benzene rings is 1. The van der Waals surface area contributed by atoms with Crippen molar-refractivity contribution in [3.8, 4) is 5.69 Å². The normalized spacial score (nSPS) is 10.6. The van der Waals surface area contributed by atoms with Gasteiger partial charge in [0.25, 0.3) is 5.56 Å². The van der Waals surface area contributed by atoms with Crippen LogP contribution in [-0.2, 0) is 17.8 Å². The molecule has 25 heavy (non-hydrogen) atoms. The van der Waals surface area contributed by atoms with E-state index in [1.807, 2.05) is 36.5 Å². The van der Waals surface area contributed by atoms with Crippen molar-refractivity contribution in [1.82, 2.24) is 25.1 Å². The third-order valence-electron chi connectivity index (χ3n) is 3.87. The number of aromatic nitrogens is 4. The Morgan fingerprint density at radius 2 is 2.00 bits per heavy atom. The number of carbonyl (C=O) groups excluding carboxylic acids is 1. The maximum Gasteiger partial charge on any atom is 0.254 e. The molecule has 0 bridgehead atoms. The molecule has 0 radical (unpaired) electrons. The van der Waals surface area contributed by atoms with Gasteiger partial charge in [0.2, 0.25) is 5.91 Å². The van der Waals surface area contributed by atoms with E-state index >= 15 is 0 Å². The highest BCUT2D eigenvalue weighted by Gasteiger charge is 2.11. The highest BCUT2D eigenvalue weighted by molar-refractivity contribution is 5.78. The number of H-pyrrole nitrogens is 1. The Morgan fingerprint density at radius 3 is 2.64 bits per heavy atom. The van der Waals surface area contributed by atoms with Crippen LogP contribution in [0.5, 0.6) is 0 Å². The van der Waals surface area contributed by atoms with Gasteiger partial charge in [-0.2, -0.15) is 5.10 Å². The monoisotopic (exact) mass is 337 g/mol. The molecule has 0 spiro atoms. The van der Waals surface area contributed by atoms with Gasteiger partial charge in [0.1, 0.15) is 5.82 Å². The van der Waals surface area contributed by atoms with Crippen LogP contribution in [0.3, 0.4) is 0 Å². The molecule has 1 aromatic carbocycles.